The van der Waals surface area contributed by atoms with Crippen molar-refractivity contribution in [3.63, 3.8) is 0 Å². The fraction of sp³-hybridized carbons (Fsp3) is 0.600. The Hall–Kier alpha value is -1.88. The van der Waals surface area contributed by atoms with Gasteiger partial charge in [0, 0.05) is 31.8 Å². The lowest BCUT2D eigenvalue weighted by Crippen LogP contribution is -2.46. The van der Waals surface area contributed by atoms with Crippen LogP contribution < -0.4 is 10.2 Å². The zero-order chi connectivity index (χ0) is 18.4. The van der Waals surface area contributed by atoms with Crippen LogP contribution in [0.15, 0.2) is 18.2 Å². The van der Waals surface area contributed by atoms with E-state index < -0.39 is 0 Å². The highest BCUT2D eigenvalue weighted by Gasteiger charge is 2.31. The van der Waals surface area contributed by atoms with Crippen LogP contribution in [0.4, 0.5) is 5.69 Å². The number of rotatable bonds is 7. The molecule has 5 nitrogen and oxygen atoms in total. The number of nitrogens with zero attached hydrogens (tertiary/aromatic N) is 1. The average Bonchev–Trinajstić information content (AvgIpc) is 2.61. The second-order valence-corrected chi connectivity index (χ2v) is 7.04. The molecule has 1 saturated heterocycles. The molecule has 2 N–H and O–H groups in total. The molecule has 138 valence electrons. The highest BCUT2D eigenvalue weighted by Crippen LogP contribution is 2.26. The summed E-state index contributed by atoms with van der Waals surface area (Å²) in [5.41, 5.74) is 3.21. The van der Waals surface area contributed by atoms with Gasteiger partial charge >= 0.3 is 0 Å². The van der Waals surface area contributed by atoms with Gasteiger partial charge in [-0.25, -0.2) is 0 Å². The Morgan fingerprint density at radius 2 is 2.12 bits per heavy atom. The first kappa shape index (κ1) is 19.4. The molecule has 1 heterocycles. The first-order valence-corrected chi connectivity index (χ1v) is 9.22. The summed E-state index contributed by atoms with van der Waals surface area (Å²) in [5, 5.41) is 12.1. The number of carbonyl (C=O) groups is 2. The summed E-state index contributed by atoms with van der Waals surface area (Å²) in [6, 6.07) is 5.99. The Morgan fingerprint density at radius 1 is 1.36 bits per heavy atom. The van der Waals surface area contributed by atoms with Crippen molar-refractivity contribution in [2.75, 3.05) is 24.6 Å². The predicted octanol–water partition coefficient (Wildman–Crippen LogP) is 2.57. The Labute approximate surface area is 150 Å². The minimum absolute atomic E-state index is 0.0118. The van der Waals surface area contributed by atoms with Gasteiger partial charge < -0.3 is 15.3 Å². The summed E-state index contributed by atoms with van der Waals surface area (Å²) in [5.74, 6) is 0.220. The van der Waals surface area contributed by atoms with Crippen LogP contribution in [-0.4, -0.2) is 36.6 Å². The Balaban J connectivity index is 2.00. The number of piperidine rings is 1. The molecule has 0 saturated carbocycles. The maximum Gasteiger partial charge on any atom is 0.227 e. The zero-order valence-electron chi connectivity index (χ0n) is 15.5. The third kappa shape index (κ3) is 5.05. The lowest BCUT2D eigenvalue weighted by atomic mass is 9.95. The van der Waals surface area contributed by atoms with E-state index in [2.05, 4.69) is 12.2 Å². The largest absolute Gasteiger partial charge is 0.396 e. The Bertz CT molecular complexity index is 615. The molecule has 2 unspecified atom stereocenters. The summed E-state index contributed by atoms with van der Waals surface area (Å²) in [6.07, 6.45) is 2.63. The summed E-state index contributed by atoms with van der Waals surface area (Å²) < 4.78 is 0. The zero-order valence-corrected chi connectivity index (χ0v) is 15.5. The second kappa shape index (κ2) is 8.99. The predicted molar refractivity (Wildman–Crippen MR) is 99.5 cm³/mol. The van der Waals surface area contributed by atoms with Gasteiger partial charge in [-0.3, -0.25) is 9.59 Å². The minimum atomic E-state index is -0.175. The molecular formula is C20H30N2O3. The van der Waals surface area contributed by atoms with Crippen molar-refractivity contribution >= 4 is 17.5 Å². The van der Waals surface area contributed by atoms with E-state index >= 15 is 0 Å². The molecule has 5 heteroatoms. The highest BCUT2D eigenvalue weighted by atomic mass is 16.3. The summed E-state index contributed by atoms with van der Waals surface area (Å²) in [4.78, 5) is 26.6. The molecule has 2 amide bonds. The maximum absolute atomic E-state index is 12.5. The van der Waals surface area contributed by atoms with Gasteiger partial charge in [-0.05, 0) is 55.9 Å². The average molecular weight is 346 g/mol. The molecule has 0 aliphatic carbocycles. The van der Waals surface area contributed by atoms with Crippen LogP contribution in [0.1, 0.15) is 43.7 Å². The quantitative estimate of drug-likeness (QED) is 0.797. The Kier molecular flexibility index (Phi) is 7.00. The van der Waals surface area contributed by atoms with E-state index in [-0.39, 0.29) is 24.3 Å². The van der Waals surface area contributed by atoms with Crippen molar-refractivity contribution in [1.29, 1.82) is 0 Å². The van der Waals surface area contributed by atoms with Crippen molar-refractivity contribution in [3.05, 3.63) is 29.3 Å². The monoisotopic (exact) mass is 346 g/mol. The van der Waals surface area contributed by atoms with E-state index in [1.54, 1.807) is 4.90 Å². The summed E-state index contributed by atoms with van der Waals surface area (Å²) in [7, 11) is 0. The molecule has 0 radical (unpaired) electrons. The minimum Gasteiger partial charge on any atom is -0.396 e. The van der Waals surface area contributed by atoms with Crippen LogP contribution in [0.3, 0.4) is 0 Å². The lowest BCUT2D eigenvalue weighted by Gasteiger charge is -2.32. The van der Waals surface area contributed by atoms with Crippen molar-refractivity contribution in [1.82, 2.24) is 5.32 Å². The third-order valence-electron chi connectivity index (χ3n) is 5.26. The number of aryl methyl sites for hydroxylation is 2. The number of anilines is 1. The van der Waals surface area contributed by atoms with E-state index in [4.69, 9.17) is 5.11 Å². The molecule has 25 heavy (non-hydrogen) atoms. The number of aliphatic hydroxyl groups is 1. The molecule has 1 aromatic rings. The first-order chi connectivity index (χ1) is 12.0. The molecule has 0 spiro atoms. The molecular weight excluding hydrogens is 316 g/mol. The molecule has 0 aromatic heterocycles. The number of benzene rings is 1. The first-order valence-electron chi connectivity index (χ1n) is 9.22. The number of nitrogens with one attached hydrogen (secondary N) is 1. The number of hydrogen-bond donors (Lipinski definition) is 2. The number of amides is 2. The van der Waals surface area contributed by atoms with Crippen molar-refractivity contribution in [2.24, 2.45) is 11.8 Å². The van der Waals surface area contributed by atoms with E-state index in [0.717, 1.165) is 17.7 Å². The van der Waals surface area contributed by atoms with E-state index in [0.29, 0.717) is 38.3 Å². The standard InChI is InChI=1S/C20H30N2O3/c1-4-16(9-10-23)12-21-20(25)17-6-8-19(24)22(13-17)18-7-5-14(2)15(3)11-18/h5,7,11,16-17,23H,4,6,8-10,12-13H2,1-3H3,(H,21,25). The summed E-state index contributed by atoms with van der Waals surface area (Å²) in [6.45, 7) is 7.31. The van der Waals surface area contributed by atoms with E-state index in [1.807, 2.05) is 32.0 Å². The van der Waals surface area contributed by atoms with Gasteiger partial charge in [0.2, 0.25) is 11.8 Å². The lowest BCUT2D eigenvalue weighted by molar-refractivity contribution is -0.127. The molecule has 1 aliphatic heterocycles. The highest BCUT2D eigenvalue weighted by molar-refractivity contribution is 5.96. The fourth-order valence-corrected chi connectivity index (χ4v) is 3.23. The number of carbonyl (C=O) groups excluding carboxylic acids is 2. The fourth-order valence-electron chi connectivity index (χ4n) is 3.23. The smallest absolute Gasteiger partial charge is 0.227 e. The van der Waals surface area contributed by atoms with E-state index in [9.17, 15) is 9.59 Å². The van der Waals surface area contributed by atoms with Crippen LogP contribution in [0.25, 0.3) is 0 Å². The molecule has 1 fully saturated rings. The van der Waals surface area contributed by atoms with Gasteiger partial charge in [0.25, 0.3) is 0 Å². The van der Waals surface area contributed by atoms with Gasteiger partial charge in [-0.1, -0.05) is 19.4 Å². The van der Waals surface area contributed by atoms with Crippen LogP contribution in [0.5, 0.6) is 0 Å². The van der Waals surface area contributed by atoms with Gasteiger partial charge in [0.1, 0.15) is 0 Å². The Morgan fingerprint density at radius 3 is 2.76 bits per heavy atom. The SMILES string of the molecule is CCC(CCO)CNC(=O)C1CCC(=O)N(c2ccc(C)c(C)c2)C1. The van der Waals surface area contributed by atoms with Crippen LogP contribution in [0.2, 0.25) is 0 Å². The summed E-state index contributed by atoms with van der Waals surface area (Å²) >= 11 is 0. The van der Waals surface area contributed by atoms with Gasteiger partial charge in [-0.2, -0.15) is 0 Å². The van der Waals surface area contributed by atoms with Crippen LogP contribution in [-0.2, 0) is 9.59 Å². The normalized spacial score (nSPS) is 19.0. The van der Waals surface area contributed by atoms with Crippen LogP contribution in [0, 0.1) is 25.7 Å². The van der Waals surface area contributed by atoms with E-state index in [1.165, 1.54) is 5.56 Å². The number of aliphatic hydroxyl groups excluding tert-OH is 1. The van der Waals surface area contributed by atoms with Crippen molar-refractivity contribution < 1.29 is 14.7 Å². The van der Waals surface area contributed by atoms with Gasteiger partial charge in [0.05, 0.1) is 5.92 Å². The maximum atomic E-state index is 12.5. The van der Waals surface area contributed by atoms with Gasteiger partial charge in [-0.15, -0.1) is 0 Å². The van der Waals surface area contributed by atoms with Gasteiger partial charge in [0.15, 0.2) is 0 Å². The molecule has 1 aliphatic rings. The molecule has 0 bridgehead atoms. The molecule has 2 rings (SSSR count). The van der Waals surface area contributed by atoms with Crippen molar-refractivity contribution in [2.45, 2.75) is 46.5 Å². The second-order valence-electron chi connectivity index (χ2n) is 7.04. The van der Waals surface area contributed by atoms with Crippen molar-refractivity contribution in [3.8, 4) is 0 Å². The molecule has 2 atom stereocenters. The van der Waals surface area contributed by atoms with Crippen LogP contribution >= 0.6 is 0 Å². The topological polar surface area (TPSA) is 69.6 Å². The third-order valence-corrected chi connectivity index (χ3v) is 5.26. The number of hydrogen-bond acceptors (Lipinski definition) is 3. The molecule has 1 aromatic carbocycles.